The molecule has 30 heavy (non-hydrogen) atoms. The lowest BCUT2D eigenvalue weighted by atomic mass is 10.0. The zero-order valence-electron chi connectivity index (χ0n) is 21.1. The molecule has 0 N–H and O–H groups in total. The Hall–Kier alpha value is -0.883. The van der Waals surface area contributed by atoms with Gasteiger partial charge in [-0.1, -0.05) is 72.6 Å². The highest BCUT2D eigenvalue weighted by Gasteiger charge is 2.49. The molecule has 0 aromatic carbocycles. The van der Waals surface area contributed by atoms with Crippen molar-refractivity contribution in [2.24, 2.45) is 0 Å². The van der Waals surface area contributed by atoms with E-state index in [1.165, 1.54) is 37.0 Å². The van der Waals surface area contributed by atoms with E-state index >= 15 is 0 Å². The molecule has 0 radical (unpaired) electrons. The molecule has 5 nitrogen and oxygen atoms in total. The summed E-state index contributed by atoms with van der Waals surface area (Å²) in [5, 5.41) is 0.0145. The number of unbranched alkanes of at least 4 members (excludes halogenated alkanes) is 6. The van der Waals surface area contributed by atoms with Crippen molar-refractivity contribution < 1.29 is 18.8 Å². The number of nitrogens with zero attached hydrogens (tertiary/aromatic N) is 1. The van der Waals surface area contributed by atoms with Crippen molar-refractivity contribution in [3.05, 3.63) is 0 Å². The molecule has 176 valence electrons. The predicted octanol–water partition coefficient (Wildman–Crippen LogP) is 7.05. The number of carbonyl (C=O) groups is 2. The second kappa shape index (κ2) is 11.1. The summed E-state index contributed by atoms with van der Waals surface area (Å²) in [5.41, 5.74) is -0.625. The van der Waals surface area contributed by atoms with Gasteiger partial charge in [-0.05, 0) is 45.3 Å². The molecule has 0 spiro atoms. The average molecular weight is 442 g/mol. The van der Waals surface area contributed by atoms with Crippen molar-refractivity contribution >= 4 is 20.3 Å². The Morgan fingerprint density at radius 3 is 2.03 bits per heavy atom. The normalized spacial score (nSPS) is 20.7. The van der Waals surface area contributed by atoms with Crippen LogP contribution in [0.1, 0.15) is 106 Å². The van der Waals surface area contributed by atoms with Crippen LogP contribution in [0, 0.1) is 0 Å². The number of amides is 2. The first-order valence-electron chi connectivity index (χ1n) is 11.9. The SMILES string of the molecule is CCCCCCCCC[C@H]1C[C@@H](O[Si](C)(C)C(C)(C)C)C(=O)N1C(=O)OC(C)(C)C. The zero-order chi connectivity index (χ0) is 23.2. The Labute approximate surface area is 186 Å². The summed E-state index contributed by atoms with van der Waals surface area (Å²) >= 11 is 0. The van der Waals surface area contributed by atoms with E-state index in [1.54, 1.807) is 0 Å². The first kappa shape index (κ1) is 27.2. The van der Waals surface area contributed by atoms with E-state index in [0.29, 0.717) is 6.42 Å². The monoisotopic (exact) mass is 441 g/mol. The van der Waals surface area contributed by atoms with Gasteiger partial charge in [0.2, 0.25) is 0 Å². The van der Waals surface area contributed by atoms with Crippen molar-refractivity contribution in [1.82, 2.24) is 4.90 Å². The lowest BCUT2D eigenvalue weighted by Crippen LogP contribution is -2.47. The fourth-order valence-corrected chi connectivity index (χ4v) is 4.82. The molecule has 1 aliphatic heterocycles. The molecule has 0 aromatic rings. The van der Waals surface area contributed by atoms with Gasteiger partial charge in [0, 0.05) is 12.5 Å². The molecule has 1 aliphatic rings. The van der Waals surface area contributed by atoms with Crippen molar-refractivity contribution in [1.29, 1.82) is 0 Å². The van der Waals surface area contributed by atoms with E-state index in [9.17, 15) is 9.59 Å². The predicted molar refractivity (Wildman–Crippen MR) is 126 cm³/mol. The van der Waals surface area contributed by atoms with Gasteiger partial charge in [-0.3, -0.25) is 4.79 Å². The number of hydrogen-bond donors (Lipinski definition) is 0. The summed E-state index contributed by atoms with van der Waals surface area (Å²) in [6, 6.07) is -0.127. The number of ether oxygens (including phenoxy) is 1. The number of carbonyl (C=O) groups excluding carboxylic acids is 2. The van der Waals surface area contributed by atoms with Crippen LogP contribution in [0.4, 0.5) is 4.79 Å². The Morgan fingerprint density at radius 1 is 1.00 bits per heavy atom. The number of hydrogen-bond acceptors (Lipinski definition) is 4. The molecule has 2 atom stereocenters. The van der Waals surface area contributed by atoms with E-state index in [4.69, 9.17) is 9.16 Å². The summed E-state index contributed by atoms with van der Waals surface area (Å²) in [6.45, 7) is 18.5. The lowest BCUT2D eigenvalue weighted by molar-refractivity contribution is -0.133. The van der Waals surface area contributed by atoms with E-state index < -0.39 is 26.1 Å². The summed E-state index contributed by atoms with van der Waals surface area (Å²) in [7, 11) is -2.11. The van der Waals surface area contributed by atoms with Crippen LogP contribution in [-0.2, 0) is 14.0 Å². The van der Waals surface area contributed by atoms with Gasteiger partial charge in [0.15, 0.2) is 8.32 Å². The van der Waals surface area contributed by atoms with Crippen LogP contribution in [0.15, 0.2) is 0 Å². The highest BCUT2D eigenvalue weighted by atomic mass is 28.4. The van der Waals surface area contributed by atoms with Crippen LogP contribution < -0.4 is 0 Å². The van der Waals surface area contributed by atoms with E-state index in [2.05, 4.69) is 40.8 Å². The van der Waals surface area contributed by atoms with Crippen LogP contribution in [0.2, 0.25) is 18.1 Å². The first-order chi connectivity index (χ1) is 13.7. The molecule has 0 unspecified atom stereocenters. The maximum atomic E-state index is 13.2. The van der Waals surface area contributed by atoms with Crippen molar-refractivity contribution in [2.75, 3.05) is 0 Å². The van der Waals surface area contributed by atoms with Crippen LogP contribution in [-0.4, -0.2) is 43.0 Å². The third-order valence-electron chi connectivity index (χ3n) is 6.34. The molecular weight excluding hydrogens is 394 g/mol. The molecule has 0 bridgehead atoms. The molecule has 6 heteroatoms. The van der Waals surface area contributed by atoms with Crippen LogP contribution >= 0.6 is 0 Å². The molecule has 1 heterocycles. The minimum atomic E-state index is -2.11. The molecular formula is C24H47NO4Si. The van der Waals surface area contributed by atoms with Gasteiger partial charge < -0.3 is 9.16 Å². The second-order valence-corrected chi connectivity index (χ2v) is 16.1. The van der Waals surface area contributed by atoms with Gasteiger partial charge in [-0.15, -0.1) is 0 Å². The fourth-order valence-electron chi connectivity index (χ4n) is 3.55. The Kier molecular flexibility index (Phi) is 10.1. The highest BCUT2D eigenvalue weighted by molar-refractivity contribution is 6.74. The van der Waals surface area contributed by atoms with Crippen LogP contribution in [0.5, 0.6) is 0 Å². The molecule has 0 saturated carbocycles. The summed E-state index contributed by atoms with van der Waals surface area (Å²) in [5.74, 6) is -0.220. The minimum absolute atomic E-state index is 0.0145. The third-order valence-corrected chi connectivity index (χ3v) is 10.8. The maximum absolute atomic E-state index is 13.2. The quantitative estimate of drug-likeness (QED) is 0.269. The topological polar surface area (TPSA) is 55.8 Å². The molecule has 1 rings (SSSR count). The fraction of sp³-hybridized carbons (Fsp3) is 0.917. The van der Waals surface area contributed by atoms with Crippen LogP contribution in [0.25, 0.3) is 0 Å². The summed E-state index contributed by atoms with van der Waals surface area (Å²) < 4.78 is 12.0. The molecule has 1 fully saturated rings. The molecule has 0 aromatic heterocycles. The van der Waals surface area contributed by atoms with Gasteiger partial charge in [-0.25, -0.2) is 9.69 Å². The Morgan fingerprint density at radius 2 is 1.53 bits per heavy atom. The number of rotatable bonds is 10. The number of imide groups is 1. The summed E-state index contributed by atoms with van der Waals surface area (Å²) in [4.78, 5) is 27.4. The smallest absolute Gasteiger partial charge is 0.417 e. The van der Waals surface area contributed by atoms with Gasteiger partial charge in [-0.2, -0.15) is 0 Å². The van der Waals surface area contributed by atoms with Gasteiger partial charge >= 0.3 is 6.09 Å². The molecule has 0 aliphatic carbocycles. The lowest BCUT2D eigenvalue weighted by Gasteiger charge is -2.37. The van der Waals surface area contributed by atoms with Crippen molar-refractivity contribution in [3.8, 4) is 0 Å². The third kappa shape index (κ3) is 8.33. The summed E-state index contributed by atoms with van der Waals surface area (Å²) in [6.07, 6.45) is 8.86. The van der Waals surface area contributed by atoms with Gasteiger partial charge in [0.05, 0.1) is 0 Å². The Balaban J connectivity index is 2.80. The minimum Gasteiger partial charge on any atom is -0.443 e. The molecule has 2 amide bonds. The van der Waals surface area contributed by atoms with Gasteiger partial charge in [0.1, 0.15) is 11.7 Å². The molecule has 1 saturated heterocycles. The zero-order valence-corrected chi connectivity index (χ0v) is 22.1. The van der Waals surface area contributed by atoms with E-state index in [1.807, 2.05) is 20.8 Å². The standard InChI is InChI=1S/C24H47NO4Si/c1-10-11-12-13-14-15-16-17-19-18-20(29-30(8,9)24(5,6)7)21(26)25(19)22(27)28-23(2,3)4/h19-20H,10-18H2,1-9H3/t19-,20+/m0/s1. The van der Waals surface area contributed by atoms with E-state index in [0.717, 1.165) is 19.3 Å². The second-order valence-electron chi connectivity index (χ2n) is 11.4. The first-order valence-corrected chi connectivity index (χ1v) is 14.8. The van der Waals surface area contributed by atoms with E-state index in [-0.39, 0.29) is 17.0 Å². The average Bonchev–Trinajstić information content (AvgIpc) is 2.86. The Bertz CT molecular complexity index is 563. The number of likely N-dealkylation sites (tertiary alicyclic amines) is 1. The maximum Gasteiger partial charge on any atom is 0.417 e. The van der Waals surface area contributed by atoms with Crippen LogP contribution in [0.3, 0.4) is 0 Å². The van der Waals surface area contributed by atoms with Gasteiger partial charge in [0.25, 0.3) is 5.91 Å². The largest absolute Gasteiger partial charge is 0.443 e. The highest BCUT2D eigenvalue weighted by Crippen LogP contribution is 2.39. The van der Waals surface area contributed by atoms with Crippen molar-refractivity contribution in [2.45, 2.75) is 142 Å². The van der Waals surface area contributed by atoms with Crippen molar-refractivity contribution in [3.63, 3.8) is 0 Å².